The fourth-order valence-electron chi connectivity index (χ4n) is 1.38. The fraction of sp³-hybridized carbons (Fsp3) is 0.417. The number of carbonyl (C=O) groups is 1. The number of benzene rings is 1. The van der Waals surface area contributed by atoms with E-state index < -0.39 is 0 Å². The molecule has 17 heavy (non-hydrogen) atoms. The van der Waals surface area contributed by atoms with Gasteiger partial charge in [-0.3, -0.25) is 4.79 Å². The lowest BCUT2D eigenvalue weighted by molar-refractivity contribution is -0.121. The van der Waals surface area contributed by atoms with Gasteiger partial charge in [-0.05, 0) is 36.6 Å². The molecule has 0 spiro atoms. The van der Waals surface area contributed by atoms with E-state index in [-0.39, 0.29) is 12.5 Å². The molecule has 1 amide bonds. The van der Waals surface area contributed by atoms with Gasteiger partial charge in [-0.2, -0.15) is 0 Å². The molecule has 1 aromatic carbocycles. The van der Waals surface area contributed by atoms with Gasteiger partial charge in [-0.25, -0.2) is 0 Å². The zero-order valence-corrected chi connectivity index (χ0v) is 11.7. The Kier molecular flexibility index (Phi) is 6.55. The molecule has 2 N–H and O–H groups in total. The monoisotopic (exact) mass is 319 g/mol. The van der Waals surface area contributed by atoms with Crippen LogP contribution in [0.5, 0.6) is 0 Å². The van der Waals surface area contributed by atoms with Crippen molar-refractivity contribution in [2.24, 2.45) is 0 Å². The number of rotatable bonds is 6. The van der Waals surface area contributed by atoms with Gasteiger partial charge in [0, 0.05) is 29.1 Å². The molecule has 3 nitrogen and oxygen atoms in total. The maximum Gasteiger partial charge on any atom is 0.220 e. The Hall–Kier alpha value is -0.580. The van der Waals surface area contributed by atoms with E-state index in [0.717, 1.165) is 10.0 Å². The van der Waals surface area contributed by atoms with E-state index in [2.05, 4.69) is 21.2 Å². The van der Waals surface area contributed by atoms with Crippen LogP contribution in [0.2, 0.25) is 5.02 Å². The van der Waals surface area contributed by atoms with E-state index in [4.69, 9.17) is 16.7 Å². The Labute approximate surface area is 114 Å². The smallest absolute Gasteiger partial charge is 0.220 e. The van der Waals surface area contributed by atoms with Crippen molar-refractivity contribution >= 4 is 33.4 Å². The molecule has 0 atom stereocenters. The van der Waals surface area contributed by atoms with Crippen LogP contribution in [0.3, 0.4) is 0 Å². The third kappa shape index (κ3) is 5.52. The molecule has 0 fully saturated rings. The lowest BCUT2D eigenvalue weighted by atomic mass is 10.1. The Morgan fingerprint density at radius 2 is 2.24 bits per heavy atom. The summed E-state index contributed by atoms with van der Waals surface area (Å²) in [4.78, 5) is 11.4. The van der Waals surface area contributed by atoms with Crippen molar-refractivity contribution in [3.05, 3.63) is 33.3 Å². The number of hydrogen-bond donors (Lipinski definition) is 2. The van der Waals surface area contributed by atoms with E-state index in [1.54, 1.807) is 6.07 Å². The van der Waals surface area contributed by atoms with E-state index in [1.165, 1.54) is 0 Å². The van der Waals surface area contributed by atoms with Crippen LogP contribution in [0.1, 0.15) is 18.4 Å². The summed E-state index contributed by atoms with van der Waals surface area (Å²) in [6, 6.07) is 5.53. The maximum atomic E-state index is 11.4. The SMILES string of the molecule is O=C(CCc1cc(Cl)ccc1Br)NCCCO. The zero-order chi connectivity index (χ0) is 12.7. The number of halogens is 2. The van der Waals surface area contributed by atoms with E-state index >= 15 is 0 Å². The topological polar surface area (TPSA) is 49.3 Å². The first kappa shape index (κ1) is 14.5. The van der Waals surface area contributed by atoms with Gasteiger partial charge in [-0.1, -0.05) is 27.5 Å². The predicted octanol–water partition coefficient (Wildman–Crippen LogP) is 2.53. The Morgan fingerprint density at radius 1 is 1.47 bits per heavy atom. The number of hydrogen-bond acceptors (Lipinski definition) is 2. The first-order valence-corrected chi connectivity index (χ1v) is 6.62. The fourth-order valence-corrected chi connectivity index (χ4v) is 2.02. The molecule has 0 heterocycles. The molecule has 0 bridgehead atoms. The van der Waals surface area contributed by atoms with Crippen molar-refractivity contribution in [2.75, 3.05) is 13.2 Å². The lowest BCUT2D eigenvalue weighted by Gasteiger charge is -2.06. The van der Waals surface area contributed by atoms with Crippen LogP contribution >= 0.6 is 27.5 Å². The first-order chi connectivity index (χ1) is 8.13. The second kappa shape index (κ2) is 7.69. The molecule has 0 saturated heterocycles. The summed E-state index contributed by atoms with van der Waals surface area (Å²) in [7, 11) is 0. The minimum absolute atomic E-state index is 0.00896. The molecule has 1 rings (SSSR count). The van der Waals surface area contributed by atoms with Gasteiger partial charge in [0.05, 0.1) is 0 Å². The van der Waals surface area contributed by atoms with Gasteiger partial charge >= 0.3 is 0 Å². The zero-order valence-electron chi connectivity index (χ0n) is 9.38. The van der Waals surface area contributed by atoms with Gasteiger partial charge < -0.3 is 10.4 Å². The molecule has 0 aliphatic heterocycles. The average molecular weight is 321 g/mol. The average Bonchev–Trinajstić information content (AvgIpc) is 2.31. The second-order valence-corrected chi connectivity index (χ2v) is 4.95. The molecule has 0 saturated carbocycles. The molecule has 5 heteroatoms. The highest BCUT2D eigenvalue weighted by molar-refractivity contribution is 9.10. The number of aliphatic hydroxyl groups is 1. The molecule has 0 aliphatic rings. The van der Waals surface area contributed by atoms with E-state index in [1.807, 2.05) is 12.1 Å². The van der Waals surface area contributed by atoms with Gasteiger partial charge in [0.1, 0.15) is 0 Å². The molecule has 0 aliphatic carbocycles. The number of carbonyl (C=O) groups excluding carboxylic acids is 1. The summed E-state index contributed by atoms with van der Waals surface area (Å²) >= 11 is 9.31. The quantitative estimate of drug-likeness (QED) is 0.791. The number of amides is 1. The van der Waals surface area contributed by atoms with Crippen LogP contribution in [0.25, 0.3) is 0 Å². The predicted molar refractivity (Wildman–Crippen MR) is 72.2 cm³/mol. The van der Waals surface area contributed by atoms with Crippen molar-refractivity contribution in [1.82, 2.24) is 5.32 Å². The Morgan fingerprint density at radius 3 is 2.94 bits per heavy atom. The number of aliphatic hydroxyl groups excluding tert-OH is 1. The summed E-state index contributed by atoms with van der Waals surface area (Å²) in [6.07, 6.45) is 1.66. The second-order valence-electron chi connectivity index (χ2n) is 3.66. The van der Waals surface area contributed by atoms with Crippen molar-refractivity contribution in [3.8, 4) is 0 Å². The Balaban J connectivity index is 2.39. The molecular weight excluding hydrogens is 305 g/mol. The van der Waals surface area contributed by atoms with Gasteiger partial charge in [-0.15, -0.1) is 0 Å². The third-order valence-corrected chi connectivity index (χ3v) is 3.29. The highest BCUT2D eigenvalue weighted by Crippen LogP contribution is 2.22. The van der Waals surface area contributed by atoms with Gasteiger partial charge in [0.15, 0.2) is 0 Å². The largest absolute Gasteiger partial charge is 0.396 e. The molecule has 0 unspecified atom stereocenters. The molecule has 0 aromatic heterocycles. The highest BCUT2D eigenvalue weighted by Gasteiger charge is 2.05. The number of aryl methyl sites for hydroxylation is 1. The van der Waals surface area contributed by atoms with Crippen molar-refractivity contribution in [2.45, 2.75) is 19.3 Å². The highest BCUT2D eigenvalue weighted by atomic mass is 79.9. The standard InChI is InChI=1S/C12H15BrClNO2/c13-11-4-3-10(14)8-9(11)2-5-12(17)15-6-1-7-16/h3-4,8,16H,1-2,5-7H2,(H,15,17). The minimum atomic E-state index is -0.00896. The van der Waals surface area contributed by atoms with Crippen molar-refractivity contribution in [1.29, 1.82) is 0 Å². The Bertz CT molecular complexity index is 385. The summed E-state index contributed by atoms with van der Waals surface area (Å²) in [5, 5.41) is 12.0. The third-order valence-electron chi connectivity index (χ3n) is 2.29. The molecule has 1 aromatic rings. The molecular formula is C12H15BrClNO2. The van der Waals surface area contributed by atoms with Gasteiger partial charge in [0.2, 0.25) is 5.91 Å². The van der Waals surface area contributed by atoms with Crippen LogP contribution < -0.4 is 5.32 Å². The lowest BCUT2D eigenvalue weighted by Crippen LogP contribution is -2.25. The summed E-state index contributed by atoms with van der Waals surface area (Å²) < 4.78 is 0.963. The van der Waals surface area contributed by atoms with Crippen LogP contribution in [0.15, 0.2) is 22.7 Å². The summed E-state index contributed by atoms with van der Waals surface area (Å²) in [5.74, 6) is -0.00896. The van der Waals surface area contributed by atoms with Crippen molar-refractivity contribution in [3.63, 3.8) is 0 Å². The van der Waals surface area contributed by atoms with Crippen molar-refractivity contribution < 1.29 is 9.90 Å². The molecule has 0 radical (unpaired) electrons. The van der Waals surface area contributed by atoms with Crippen LogP contribution in [-0.2, 0) is 11.2 Å². The van der Waals surface area contributed by atoms with Crippen LogP contribution in [-0.4, -0.2) is 24.2 Å². The summed E-state index contributed by atoms with van der Waals surface area (Å²) in [5.41, 5.74) is 1.02. The van der Waals surface area contributed by atoms with Gasteiger partial charge in [0.25, 0.3) is 0 Å². The summed E-state index contributed by atoms with van der Waals surface area (Å²) in [6.45, 7) is 0.617. The normalized spacial score (nSPS) is 10.3. The van der Waals surface area contributed by atoms with E-state index in [9.17, 15) is 4.79 Å². The minimum Gasteiger partial charge on any atom is -0.396 e. The first-order valence-electron chi connectivity index (χ1n) is 5.45. The number of nitrogens with one attached hydrogen (secondary N) is 1. The van der Waals surface area contributed by atoms with E-state index in [0.29, 0.717) is 30.8 Å². The van der Waals surface area contributed by atoms with Crippen LogP contribution in [0, 0.1) is 0 Å². The molecule has 94 valence electrons. The van der Waals surface area contributed by atoms with Crippen LogP contribution in [0.4, 0.5) is 0 Å². The maximum absolute atomic E-state index is 11.4.